The standard InChI is InChI=1S/C15H22Cl2N2O2.ClH/c1-9(2)7-11(8-18)19-15(20)10(3)21-13-6-4-5-12(16)14(13)17;/h4-6,9-11H,7-8,18H2,1-3H3,(H,19,20);1H. The van der Waals surface area contributed by atoms with Crippen molar-refractivity contribution < 1.29 is 9.53 Å². The van der Waals surface area contributed by atoms with Gasteiger partial charge in [0.25, 0.3) is 5.91 Å². The van der Waals surface area contributed by atoms with Crippen molar-refractivity contribution in [3.05, 3.63) is 28.2 Å². The van der Waals surface area contributed by atoms with Crippen LogP contribution in [-0.2, 0) is 4.79 Å². The van der Waals surface area contributed by atoms with Gasteiger partial charge in [-0.2, -0.15) is 0 Å². The first kappa shape index (κ1) is 21.3. The van der Waals surface area contributed by atoms with E-state index in [0.29, 0.717) is 28.3 Å². The zero-order chi connectivity index (χ0) is 16.0. The van der Waals surface area contributed by atoms with Crippen molar-refractivity contribution in [3.63, 3.8) is 0 Å². The summed E-state index contributed by atoms with van der Waals surface area (Å²) in [6.07, 6.45) is 0.148. The van der Waals surface area contributed by atoms with Crippen LogP contribution in [0.3, 0.4) is 0 Å². The number of hydrogen-bond donors (Lipinski definition) is 2. The first-order valence-electron chi connectivity index (χ1n) is 6.96. The molecule has 1 aromatic rings. The smallest absolute Gasteiger partial charge is 0.261 e. The molecule has 0 heterocycles. The molecule has 0 aromatic heterocycles. The van der Waals surface area contributed by atoms with Crippen molar-refractivity contribution in [1.29, 1.82) is 0 Å². The largest absolute Gasteiger partial charge is 0.479 e. The third-order valence-corrected chi connectivity index (χ3v) is 3.78. The molecule has 1 amide bonds. The fourth-order valence-electron chi connectivity index (χ4n) is 1.92. The number of nitrogens with one attached hydrogen (secondary N) is 1. The van der Waals surface area contributed by atoms with E-state index in [-0.39, 0.29) is 24.4 Å². The monoisotopic (exact) mass is 368 g/mol. The van der Waals surface area contributed by atoms with Gasteiger partial charge >= 0.3 is 0 Å². The van der Waals surface area contributed by atoms with Crippen LogP contribution in [0.5, 0.6) is 5.75 Å². The normalized spacial score (nSPS) is 13.2. The van der Waals surface area contributed by atoms with Crippen molar-refractivity contribution in [2.75, 3.05) is 6.54 Å². The summed E-state index contributed by atoms with van der Waals surface area (Å²) in [5, 5.41) is 3.58. The molecule has 0 saturated carbocycles. The lowest BCUT2D eigenvalue weighted by molar-refractivity contribution is -0.128. The average Bonchev–Trinajstić information content (AvgIpc) is 2.42. The maximum atomic E-state index is 12.1. The van der Waals surface area contributed by atoms with E-state index in [1.165, 1.54) is 0 Å². The molecule has 1 rings (SSSR count). The molecule has 1 aromatic carbocycles. The summed E-state index contributed by atoms with van der Waals surface area (Å²) in [5.41, 5.74) is 5.67. The van der Waals surface area contributed by atoms with E-state index in [4.69, 9.17) is 33.7 Å². The van der Waals surface area contributed by atoms with Crippen LogP contribution >= 0.6 is 35.6 Å². The molecule has 0 spiro atoms. The molecule has 2 atom stereocenters. The molecule has 22 heavy (non-hydrogen) atoms. The number of carbonyl (C=O) groups is 1. The summed E-state index contributed by atoms with van der Waals surface area (Å²) in [6, 6.07) is 5.00. The summed E-state index contributed by atoms with van der Waals surface area (Å²) in [4.78, 5) is 12.1. The Hall–Kier alpha value is -0.680. The van der Waals surface area contributed by atoms with Crippen LogP contribution in [0.15, 0.2) is 18.2 Å². The van der Waals surface area contributed by atoms with E-state index < -0.39 is 6.10 Å². The van der Waals surface area contributed by atoms with Crippen LogP contribution in [-0.4, -0.2) is 24.6 Å². The zero-order valence-electron chi connectivity index (χ0n) is 12.9. The molecule has 2 unspecified atom stereocenters. The number of ether oxygens (including phenoxy) is 1. The maximum Gasteiger partial charge on any atom is 0.261 e. The van der Waals surface area contributed by atoms with Crippen LogP contribution in [0.25, 0.3) is 0 Å². The van der Waals surface area contributed by atoms with Crippen LogP contribution in [0.1, 0.15) is 27.2 Å². The highest BCUT2D eigenvalue weighted by atomic mass is 35.5. The van der Waals surface area contributed by atoms with Gasteiger partial charge in [0.15, 0.2) is 6.10 Å². The lowest BCUT2D eigenvalue weighted by Gasteiger charge is -2.22. The average molecular weight is 370 g/mol. The minimum absolute atomic E-state index is 0. The number of hydrogen-bond acceptors (Lipinski definition) is 3. The summed E-state index contributed by atoms with van der Waals surface area (Å²) in [6.45, 7) is 6.23. The van der Waals surface area contributed by atoms with Crippen molar-refractivity contribution in [2.45, 2.75) is 39.3 Å². The van der Waals surface area contributed by atoms with E-state index in [1.807, 2.05) is 0 Å². The number of carbonyl (C=O) groups excluding carboxylic acids is 1. The second kappa shape index (κ2) is 10.2. The Morgan fingerprint density at radius 2 is 1.95 bits per heavy atom. The molecule has 0 aliphatic rings. The fraction of sp³-hybridized carbons (Fsp3) is 0.533. The third kappa shape index (κ3) is 6.61. The Balaban J connectivity index is 0.00000441. The molecule has 0 aliphatic heterocycles. The van der Waals surface area contributed by atoms with E-state index in [9.17, 15) is 4.79 Å². The van der Waals surface area contributed by atoms with Crippen molar-refractivity contribution in [1.82, 2.24) is 5.32 Å². The summed E-state index contributed by atoms with van der Waals surface area (Å²) >= 11 is 11.9. The number of nitrogens with two attached hydrogens (primary N) is 1. The fourth-order valence-corrected chi connectivity index (χ4v) is 2.26. The van der Waals surface area contributed by atoms with E-state index in [2.05, 4.69) is 19.2 Å². The van der Waals surface area contributed by atoms with Gasteiger partial charge in [-0.3, -0.25) is 4.79 Å². The quantitative estimate of drug-likeness (QED) is 0.770. The second-order valence-electron chi connectivity index (χ2n) is 5.38. The second-order valence-corrected chi connectivity index (χ2v) is 6.17. The Bertz CT molecular complexity index is 484. The molecular weight excluding hydrogens is 347 g/mol. The first-order chi connectivity index (χ1) is 9.85. The minimum atomic E-state index is -0.679. The highest BCUT2D eigenvalue weighted by molar-refractivity contribution is 6.42. The number of amides is 1. The van der Waals surface area contributed by atoms with Gasteiger partial charge in [-0.25, -0.2) is 0 Å². The summed E-state index contributed by atoms with van der Waals surface area (Å²) < 4.78 is 5.57. The van der Waals surface area contributed by atoms with E-state index in [1.54, 1.807) is 25.1 Å². The first-order valence-corrected chi connectivity index (χ1v) is 7.71. The highest BCUT2D eigenvalue weighted by Gasteiger charge is 2.20. The Morgan fingerprint density at radius 1 is 1.32 bits per heavy atom. The van der Waals surface area contributed by atoms with Gasteiger partial charge in [-0.1, -0.05) is 43.1 Å². The molecule has 0 aliphatic carbocycles. The third-order valence-electron chi connectivity index (χ3n) is 2.98. The van der Waals surface area contributed by atoms with E-state index >= 15 is 0 Å². The van der Waals surface area contributed by atoms with Crippen LogP contribution < -0.4 is 15.8 Å². The van der Waals surface area contributed by atoms with Crippen molar-refractivity contribution in [2.24, 2.45) is 11.7 Å². The topological polar surface area (TPSA) is 64.3 Å². The van der Waals surface area contributed by atoms with Gasteiger partial charge in [0.1, 0.15) is 10.8 Å². The van der Waals surface area contributed by atoms with Gasteiger partial charge in [-0.05, 0) is 31.4 Å². The van der Waals surface area contributed by atoms with Crippen LogP contribution in [0.2, 0.25) is 10.0 Å². The SMILES string of the molecule is CC(C)CC(CN)NC(=O)C(C)Oc1cccc(Cl)c1Cl.Cl. The van der Waals surface area contributed by atoms with Gasteiger partial charge in [0, 0.05) is 12.6 Å². The molecule has 0 fully saturated rings. The highest BCUT2D eigenvalue weighted by Crippen LogP contribution is 2.32. The molecule has 7 heteroatoms. The van der Waals surface area contributed by atoms with Gasteiger partial charge in [-0.15, -0.1) is 12.4 Å². The Morgan fingerprint density at radius 3 is 2.50 bits per heavy atom. The molecular formula is C15H23Cl3N2O2. The molecule has 3 N–H and O–H groups in total. The van der Waals surface area contributed by atoms with Gasteiger partial charge in [0.2, 0.25) is 0 Å². The summed E-state index contributed by atoms with van der Waals surface area (Å²) in [7, 11) is 0. The lowest BCUT2D eigenvalue weighted by Crippen LogP contribution is -2.46. The van der Waals surface area contributed by atoms with E-state index in [0.717, 1.165) is 6.42 Å². The molecule has 126 valence electrons. The van der Waals surface area contributed by atoms with Gasteiger partial charge in [0.05, 0.1) is 5.02 Å². The lowest BCUT2D eigenvalue weighted by atomic mass is 10.0. The van der Waals surface area contributed by atoms with Crippen molar-refractivity contribution in [3.8, 4) is 5.75 Å². The zero-order valence-corrected chi connectivity index (χ0v) is 15.3. The number of benzene rings is 1. The number of rotatable bonds is 7. The van der Waals surface area contributed by atoms with Crippen LogP contribution in [0.4, 0.5) is 0 Å². The Kier molecular flexibility index (Phi) is 9.85. The predicted octanol–water partition coefficient (Wildman–Crippen LogP) is 3.67. The minimum Gasteiger partial charge on any atom is -0.479 e. The molecule has 0 saturated heterocycles. The maximum absolute atomic E-state index is 12.1. The number of halogens is 3. The van der Waals surface area contributed by atoms with Crippen LogP contribution in [0, 0.1) is 5.92 Å². The predicted molar refractivity (Wildman–Crippen MR) is 94.2 cm³/mol. The molecule has 0 radical (unpaired) electrons. The van der Waals surface area contributed by atoms with Gasteiger partial charge < -0.3 is 15.8 Å². The molecule has 4 nitrogen and oxygen atoms in total. The summed E-state index contributed by atoms with van der Waals surface area (Å²) in [5.74, 6) is 0.625. The van der Waals surface area contributed by atoms with Crippen molar-refractivity contribution >= 4 is 41.5 Å². The molecule has 0 bridgehead atoms. The Labute approximate surface area is 148 Å².